The summed E-state index contributed by atoms with van der Waals surface area (Å²) in [6.07, 6.45) is 2.29. The second-order valence-corrected chi connectivity index (χ2v) is 6.12. The molecular weight excluding hydrogens is 220 g/mol. The van der Waals surface area contributed by atoms with Crippen molar-refractivity contribution < 1.29 is 0 Å². The number of hydrogen-bond acceptors (Lipinski definition) is 2. The first-order valence-electron chi connectivity index (χ1n) is 7.51. The van der Waals surface area contributed by atoms with E-state index in [0.717, 1.165) is 12.3 Å². The van der Waals surface area contributed by atoms with Crippen LogP contribution in [0.1, 0.15) is 40.5 Å². The van der Waals surface area contributed by atoms with Crippen LogP contribution < -0.4 is 0 Å². The molecule has 0 unspecified atom stereocenters. The average Bonchev–Trinajstić information content (AvgIpc) is 2.30. The Morgan fingerprint density at radius 3 is 2.11 bits per heavy atom. The normalized spacial score (nSPS) is 18.1. The van der Waals surface area contributed by atoms with Crippen LogP contribution in [0.3, 0.4) is 0 Å². The minimum absolute atomic E-state index is 0.518. The van der Waals surface area contributed by atoms with Crippen LogP contribution in [0.4, 0.5) is 0 Å². The molecule has 0 aromatic carbocycles. The molecule has 0 spiro atoms. The summed E-state index contributed by atoms with van der Waals surface area (Å²) >= 11 is 0. The second-order valence-electron chi connectivity index (χ2n) is 6.12. The van der Waals surface area contributed by atoms with Gasteiger partial charge >= 0.3 is 0 Å². The van der Waals surface area contributed by atoms with Gasteiger partial charge in [-0.25, -0.2) is 0 Å². The van der Waals surface area contributed by atoms with Gasteiger partial charge in [0.05, 0.1) is 0 Å². The Labute approximate surface area is 114 Å². The molecule has 0 saturated carbocycles. The van der Waals surface area contributed by atoms with Gasteiger partial charge < -0.3 is 9.80 Å². The van der Waals surface area contributed by atoms with Crippen molar-refractivity contribution in [1.29, 1.82) is 0 Å². The van der Waals surface area contributed by atoms with Crippen molar-refractivity contribution in [3.05, 3.63) is 0 Å². The Balaban J connectivity index is 2.07. The molecule has 0 amide bonds. The van der Waals surface area contributed by atoms with Crippen LogP contribution in [0.15, 0.2) is 0 Å². The highest BCUT2D eigenvalue weighted by molar-refractivity contribution is 5.01. The highest BCUT2D eigenvalue weighted by Crippen LogP contribution is 2.06. The summed E-state index contributed by atoms with van der Waals surface area (Å²) in [4.78, 5) is 5.19. The summed E-state index contributed by atoms with van der Waals surface area (Å²) < 4.78 is 0. The maximum atomic E-state index is 3.27. The largest absolute Gasteiger partial charge is 0.301 e. The lowest BCUT2D eigenvalue weighted by Crippen LogP contribution is -2.47. The standard InChI is InChI=1S/C16H30N2/c1-15(2)8-6-5-7-9-17-10-12-18(13-11-17)14-16(3)4/h15-16H,5,7,9-14H2,1-4H3. The van der Waals surface area contributed by atoms with E-state index in [1.54, 1.807) is 0 Å². The van der Waals surface area contributed by atoms with Crippen LogP contribution in [0.25, 0.3) is 0 Å². The summed E-state index contributed by atoms with van der Waals surface area (Å²) in [5, 5.41) is 0. The van der Waals surface area contributed by atoms with Gasteiger partial charge in [-0.3, -0.25) is 0 Å². The molecule has 18 heavy (non-hydrogen) atoms. The lowest BCUT2D eigenvalue weighted by molar-refractivity contribution is 0.122. The van der Waals surface area contributed by atoms with Gasteiger partial charge in [-0.05, 0) is 18.9 Å². The average molecular weight is 250 g/mol. The topological polar surface area (TPSA) is 6.48 Å². The molecule has 1 heterocycles. The zero-order valence-electron chi connectivity index (χ0n) is 12.7. The highest BCUT2D eigenvalue weighted by atomic mass is 15.3. The monoisotopic (exact) mass is 250 g/mol. The molecule has 104 valence electrons. The third-order valence-corrected chi connectivity index (χ3v) is 3.26. The van der Waals surface area contributed by atoms with Crippen molar-refractivity contribution in [2.75, 3.05) is 39.3 Å². The van der Waals surface area contributed by atoms with E-state index in [2.05, 4.69) is 49.3 Å². The van der Waals surface area contributed by atoms with E-state index < -0.39 is 0 Å². The van der Waals surface area contributed by atoms with Crippen LogP contribution in [0, 0.1) is 23.7 Å². The van der Waals surface area contributed by atoms with Crippen LogP contribution in [-0.4, -0.2) is 49.1 Å². The maximum absolute atomic E-state index is 3.27. The van der Waals surface area contributed by atoms with Gasteiger partial charge in [0.15, 0.2) is 0 Å². The fourth-order valence-electron chi connectivity index (χ4n) is 2.38. The first-order valence-corrected chi connectivity index (χ1v) is 7.51. The maximum Gasteiger partial charge on any atom is 0.0146 e. The van der Waals surface area contributed by atoms with E-state index in [1.807, 2.05) is 0 Å². The van der Waals surface area contributed by atoms with E-state index in [0.29, 0.717) is 5.92 Å². The third kappa shape index (κ3) is 7.03. The molecular formula is C16H30N2. The molecule has 2 nitrogen and oxygen atoms in total. The molecule has 2 heteroatoms. The summed E-state index contributed by atoms with van der Waals surface area (Å²) in [7, 11) is 0. The molecule has 0 radical (unpaired) electrons. The van der Waals surface area contributed by atoms with Crippen molar-refractivity contribution >= 4 is 0 Å². The predicted molar refractivity (Wildman–Crippen MR) is 79.6 cm³/mol. The fraction of sp³-hybridized carbons (Fsp3) is 0.875. The Hall–Kier alpha value is -0.520. The van der Waals surface area contributed by atoms with Crippen molar-refractivity contribution in [2.24, 2.45) is 11.8 Å². The first-order chi connectivity index (χ1) is 8.58. The number of hydrogen-bond donors (Lipinski definition) is 0. The van der Waals surface area contributed by atoms with E-state index in [1.165, 1.54) is 45.7 Å². The van der Waals surface area contributed by atoms with Crippen LogP contribution in [0.5, 0.6) is 0 Å². The summed E-state index contributed by atoms with van der Waals surface area (Å²) in [5.74, 6) is 7.82. The molecule has 1 fully saturated rings. The highest BCUT2D eigenvalue weighted by Gasteiger charge is 2.16. The molecule has 1 saturated heterocycles. The molecule has 0 atom stereocenters. The molecule has 1 rings (SSSR count). The number of nitrogens with zero attached hydrogens (tertiary/aromatic N) is 2. The third-order valence-electron chi connectivity index (χ3n) is 3.26. The van der Waals surface area contributed by atoms with E-state index in [9.17, 15) is 0 Å². The quantitative estimate of drug-likeness (QED) is 0.547. The SMILES string of the molecule is CC(C)C#CCCCN1CCN(CC(C)C)CC1. The Bertz CT molecular complexity index is 265. The van der Waals surface area contributed by atoms with Crippen molar-refractivity contribution in [2.45, 2.75) is 40.5 Å². The second kappa shape index (κ2) is 8.56. The van der Waals surface area contributed by atoms with Crippen molar-refractivity contribution in [3.8, 4) is 11.8 Å². The zero-order valence-corrected chi connectivity index (χ0v) is 12.7. The van der Waals surface area contributed by atoms with Crippen molar-refractivity contribution in [3.63, 3.8) is 0 Å². The molecule has 0 N–H and O–H groups in total. The summed E-state index contributed by atoms with van der Waals surface area (Å²) in [5.41, 5.74) is 0. The van der Waals surface area contributed by atoms with Gasteiger partial charge in [0, 0.05) is 45.1 Å². The molecule has 1 aliphatic heterocycles. The fourth-order valence-corrected chi connectivity index (χ4v) is 2.38. The summed E-state index contributed by atoms with van der Waals surface area (Å²) in [6, 6.07) is 0. The van der Waals surface area contributed by atoms with Gasteiger partial charge in [-0.2, -0.15) is 0 Å². The molecule has 0 aromatic rings. The lowest BCUT2D eigenvalue weighted by Gasteiger charge is -2.35. The molecule has 1 aliphatic rings. The Morgan fingerprint density at radius 1 is 0.944 bits per heavy atom. The minimum Gasteiger partial charge on any atom is -0.301 e. The van der Waals surface area contributed by atoms with Crippen LogP contribution >= 0.6 is 0 Å². The smallest absolute Gasteiger partial charge is 0.0146 e. The molecule has 0 aromatic heterocycles. The van der Waals surface area contributed by atoms with E-state index >= 15 is 0 Å². The van der Waals surface area contributed by atoms with Crippen molar-refractivity contribution in [1.82, 2.24) is 9.80 Å². The molecule has 0 aliphatic carbocycles. The first kappa shape index (κ1) is 15.5. The van der Waals surface area contributed by atoms with Gasteiger partial charge in [0.25, 0.3) is 0 Å². The van der Waals surface area contributed by atoms with E-state index in [-0.39, 0.29) is 0 Å². The number of rotatable bonds is 5. The predicted octanol–water partition coefficient (Wildman–Crippen LogP) is 2.70. The number of piperazine rings is 1. The lowest BCUT2D eigenvalue weighted by atomic mass is 10.2. The van der Waals surface area contributed by atoms with Crippen LogP contribution in [-0.2, 0) is 0 Å². The Morgan fingerprint density at radius 2 is 1.56 bits per heavy atom. The summed E-state index contributed by atoms with van der Waals surface area (Å²) in [6.45, 7) is 16.4. The number of unbranched alkanes of at least 4 members (excludes halogenated alkanes) is 1. The van der Waals surface area contributed by atoms with Crippen LogP contribution in [0.2, 0.25) is 0 Å². The van der Waals surface area contributed by atoms with E-state index in [4.69, 9.17) is 0 Å². The minimum atomic E-state index is 0.518. The van der Waals surface area contributed by atoms with Gasteiger partial charge in [0.1, 0.15) is 0 Å². The zero-order chi connectivity index (χ0) is 13.4. The molecule has 0 bridgehead atoms. The Kier molecular flexibility index (Phi) is 7.39. The van der Waals surface area contributed by atoms with Gasteiger partial charge in [-0.1, -0.05) is 27.7 Å². The van der Waals surface area contributed by atoms with Gasteiger partial charge in [0.2, 0.25) is 0 Å². The van der Waals surface area contributed by atoms with Gasteiger partial charge in [-0.15, -0.1) is 11.8 Å².